The number of alkyl halides is 6. The second-order valence-corrected chi connectivity index (χ2v) is 20.7. The second kappa shape index (κ2) is 28.3. The third-order valence-corrected chi connectivity index (χ3v) is 12.4. The molecule has 4 aromatic rings. The van der Waals surface area contributed by atoms with Crippen molar-refractivity contribution in [2.45, 2.75) is 83.1 Å². The molecule has 1 aliphatic heterocycles. The molecule has 0 saturated heterocycles. The maximum Gasteiger partial charge on any atom is 0.434 e. The molecule has 4 N–H and O–H groups in total. The van der Waals surface area contributed by atoms with Crippen LogP contribution in [0, 0.1) is 5.82 Å². The summed E-state index contributed by atoms with van der Waals surface area (Å²) in [5, 5.41) is 11.8. The van der Waals surface area contributed by atoms with Gasteiger partial charge in [0.1, 0.15) is 42.5 Å². The number of aliphatic carboxylic acids is 1. The average Bonchev–Trinajstić information content (AvgIpc) is 3.59. The number of methoxy groups -OCH3 is 1. The summed E-state index contributed by atoms with van der Waals surface area (Å²) in [6, 6.07) is 14.2. The number of anilines is 2. The number of carboxylic acids is 1. The fourth-order valence-electron chi connectivity index (χ4n) is 6.41. The molecule has 0 fully saturated rings. The first-order valence-electron chi connectivity index (χ1n) is 21.1. The monoisotopic (exact) mass is 1150 g/mol. The van der Waals surface area contributed by atoms with Crippen LogP contribution >= 0.6 is 69.7 Å². The number of carboxylic acid groups (broad SMARTS) is 1. The van der Waals surface area contributed by atoms with Crippen LogP contribution in [0.25, 0.3) is 11.3 Å². The van der Waals surface area contributed by atoms with Gasteiger partial charge in [-0.2, -0.15) is 18.3 Å². The summed E-state index contributed by atoms with van der Waals surface area (Å²) >= 11 is 25.6. The molecule has 0 radical (unpaired) electrons. The van der Waals surface area contributed by atoms with Crippen molar-refractivity contribution in [2.24, 2.45) is 12.8 Å². The lowest BCUT2D eigenvalue weighted by molar-refractivity contribution is -0.144. The minimum atomic E-state index is -4.69. The van der Waals surface area contributed by atoms with Crippen LogP contribution in [0.15, 0.2) is 59.1 Å². The number of hydrogen-bond acceptors (Lipinski definition) is 10. The number of ether oxygens (including phenoxy) is 3. The highest BCUT2D eigenvalue weighted by Gasteiger charge is 2.39. The first-order valence-corrected chi connectivity index (χ1v) is 26.0. The molecule has 0 bridgehead atoms. The summed E-state index contributed by atoms with van der Waals surface area (Å²) in [6.45, 7) is 11.1. The molecule has 0 saturated carbocycles. The minimum absolute atomic E-state index is 0.0371. The normalized spacial score (nSPS) is 14.3. The Balaban J connectivity index is 0.000000333. The van der Waals surface area contributed by atoms with Crippen molar-refractivity contribution in [3.63, 3.8) is 0 Å². The van der Waals surface area contributed by atoms with Gasteiger partial charge in [-0.1, -0.05) is 79.0 Å². The molecule has 1 aliphatic rings. The van der Waals surface area contributed by atoms with E-state index in [1.807, 2.05) is 49.4 Å². The second-order valence-electron chi connectivity index (χ2n) is 15.5. The Hall–Kier alpha value is -3.98. The van der Waals surface area contributed by atoms with E-state index in [1.165, 1.54) is 6.66 Å². The van der Waals surface area contributed by atoms with Crippen LogP contribution in [-0.2, 0) is 54.5 Å². The Labute approximate surface area is 432 Å². The molecule has 15 nitrogen and oxygen atoms in total. The molecule has 3 unspecified atom stereocenters. The first-order chi connectivity index (χ1) is 32.6. The summed E-state index contributed by atoms with van der Waals surface area (Å²) in [5.74, 6) is -2.67. The number of carbonyl (C=O) groups is 4. The van der Waals surface area contributed by atoms with Gasteiger partial charge in [0.25, 0.3) is 5.91 Å². The predicted octanol–water partition coefficient (Wildman–Crippen LogP) is 10.5. The Bertz CT molecular complexity index is 2460. The number of carbonyl (C=O) groups excluding carboxylic acids is 3. The Morgan fingerprint density at radius 3 is 2.13 bits per heavy atom. The molecule has 388 valence electrons. The highest BCUT2D eigenvalue weighted by Crippen LogP contribution is 2.41. The van der Waals surface area contributed by atoms with Gasteiger partial charge in [-0.3, -0.25) is 28.5 Å². The Kier molecular flexibility index (Phi) is 25.1. The molecule has 3 aromatic carbocycles. The molecule has 3 atom stereocenters. The quantitative estimate of drug-likeness (QED) is 0.0355. The first kappa shape index (κ1) is 62.1. The topological polar surface area (TPSA) is 204 Å². The fraction of sp³-hybridized carbons (Fsp3) is 0.444. The molecule has 70 heavy (non-hydrogen) atoms. The zero-order valence-electron chi connectivity index (χ0n) is 39.3. The molecule has 2 heterocycles. The molecular weight excluding hydrogens is 1100 g/mol. The van der Waals surface area contributed by atoms with Crippen molar-refractivity contribution >= 4 is 105 Å². The number of aryl methyl sites for hydroxylation is 3. The minimum Gasteiger partial charge on any atom is -0.489 e. The Morgan fingerprint density at radius 1 is 1.07 bits per heavy atom. The molecule has 5 rings (SSSR count). The lowest BCUT2D eigenvalue weighted by Crippen LogP contribution is -2.47. The largest absolute Gasteiger partial charge is 0.489 e. The van der Waals surface area contributed by atoms with Gasteiger partial charge >= 0.3 is 18.1 Å². The third kappa shape index (κ3) is 17.9. The van der Waals surface area contributed by atoms with E-state index in [0.717, 1.165) is 54.5 Å². The van der Waals surface area contributed by atoms with Gasteiger partial charge in [0.15, 0.2) is 17.9 Å². The van der Waals surface area contributed by atoms with Crippen LogP contribution in [0.5, 0.6) is 5.75 Å². The number of fused-ring (bicyclic) bond motifs is 1. The van der Waals surface area contributed by atoms with Crippen LogP contribution in [0.4, 0.5) is 28.9 Å². The average molecular weight is 1150 g/mol. The molecular formula is C45H55BrCl4F4N5O10P. The van der Waals surface area contributed by atoms with E-state index < -0.39 is 58.4 Å². The highest BCUT2D eigenvalue weighted by molar-refractivity contribution is 9.10. The summed E-state index contributed by atoms with van der Waals surface area (Å²) in [7, 11) is -0.442. The third-order valence-electron chi connectivity index (χ3n) is 9.68. The number of amides is 2. The number of halogens is 9. The van der Waals surface area contributed by atoms with E-state index in [1.54, 1.807) is 30.8 Å². The van der Waals surface area contributed by atoms with Crippen molar-refractivity contribution in [1.82, 2.24) is 9.78 Å². The van der Waals surface area contributed by atoms with E-state index in [2.05, 4.69) is 34.9 Å². The highest BCUT2D eigenvalue weighted by atomic mass is 79.9. The zero-order chi connectivity index (χ0) is 53.4. The number of para-hydroxylation sites is 3. The van der Waals surface area contributed by atoms with Gasteiger partial charge in [0.05, 0.1) is 38.6 Å². The van der Waals surface area contributed by atoms with Crippen LogP contribution in [0.2, 0.25) is 5.02 Å². The number of hydrogen-bond donors (Lipinski definition) is 3. The maximum atomic E-state index is 14.3. The number of aromatic nitrogens is 2. The lowest BCUT2D eigenvalue weighted by atomic mass is 10.0. The van der Waals surface area contributed by atoms with Crippen molar-refractivity contribution in [3.8, 4) is 17.0 Å². The van der Waals surface area contributed by atoms with Gasteiger partial charge in [0, 0.05) is 32.5 Å². The van der Waals surface area contributed by atoms with Gasteiger partial charge in [0.2, 0.25) is 5.91 Å². The lowest BCUT2D eigenvalue weighted by Gasteiger charge is -2.35. The standard InChI is InChI=1S/C15H12BrClF4N2O2.C14H20ClNO2.C11H11Cl2NO2.C5H12NO4P/c1-6(2)25-14(24)7-4-8(10(18)5-9(7)17)12-11(16)13(15(19,20)21)23(3)22-12;1-4-11-7-6-8-12(5-2)14(11)16(10-18-3)13(17)9-15;1-7-6-16-9-5-3-2-4-8(9)14(7)11(15)10(12)13;1-11(9,10)3-2-4(6)5(7)8/h4-6H,1-3H3;6-8H,4-5,9-10H2,1-3H3;2-5,7,10H,6H2,1H3;4H,2-3,6H2,1H3,(H,7,8)(H,9,10). The fourth-order valence-corrected chi connectivity index (χ4v) is 8.52. The molecule has 2 amide bonds. The van der Waals surface area contributed by atoms with Crippen LogP contribution in [-0.4, -0.2) is 106 Å². The molecule has 25 heteroatoms. The van der Waals surface area contributed by atoms with Crippen molar-refractivity contribution in [2.75, 3.05) is 49.0 Å². The van der Waals surface area contributed by atoms with E-state index in [0.29, 0.717) is 17.0 Å². The number of nitrogens with zero attached hydrogens (tertiary/aromatic N) is 4. The van der Waals surface area contributed by atoms with Gasteiger partial charge in [-0.25, -0.2) is 9.18 Å². The van der Waals surface area contributed by atoms with Gasteiger partial charge in [-0.15, -0.1) is 11.6 Å². The summed E-state index contributed by atoms with van der Waals surface area (Å²) < 4.78 is 79.9. The number of nitrogens with two attached hydrogens (primary N) is 1. The van der Waals surface area contributed by atoms with E-state index >= 15 is 0 Å². The van der Waals surface area contributed by atoms with E-state index in [-0.39, 0.29) is 64.9 Å². The van der Waals surface area contributed by atoms with E-state index in [4.69, 9.17) is 76.3 Å². The SMILES string of the molecule is CC(C)OC(=O)c1cc(-c2nn(C)c(C(F)(F)F)c2Br)c(F)cc1Cl.CC1COc2ccccc2N1C(=O)C(Cl)Cl.CCc1cccc(CC)c1N(COC)C(=O)CCl.CP(=O)(O)CCC(N)C(=O)O. The summed E-state index contributed by atoms with van der Waals surface area (Å²) in [6.07, 6.45) is -3.39. The van der Waals surface area contributed by atoms with Crippen LogP contribution < -0.4 is 20.3 Å². The number of rotatable bonds is 14. The summed E-state index contributed by atoms with van der Waals surface area (Å²) in [4.78, 5) is 56.9. The van der Waals surface area contributed by atoms with Crippen LogP contribution in [0.3, 0.4) is 0 Å². The van der Waals surface area contributed by atoms with Crippen molar-refractivity contribution in [3.05, 3.63) is 92.3 Å². The van der Waals surface area contributed by atoms with Crippen molar-refractivity contribution < 1.29 is 65.5 Å². The predicted molar refractivity (Wildman–Crippen MR) is 267 cm³/mol. The van der Waals surface area contributed by atoms with Gasteiger partial charge < -0.3 is 34.8 Å². The van der Waals surface area contributed by atoms with Gasteiger partial charge in [-0.05, 0) is 91.4 Å². The summed E-state index contributed by atoms with van der Waals surface area (Å²) in [5.41, 5.74) is 7.19. The zero-order valence-corrected chi connectivity index (χ0v) is 44.8. The number of esters is 1. The van der Waals surface area contributed by atoms with Crippen molar-refractivity contribution in [1.29, 1.82) is 0 Å². The molecule has 0 spiro atoms. The molecule has 0 aliphatic carbocycles. The smallest absolute Gasteiger partial charge is 0.434 e. The number of benzene rings is 3. The van der Waals surface area contributed by atoms with E-state index in [9.17, 15) is 41.3 Å². The maximum absolute atomic E-state index is 14.3. The van der Waals surface area contributed by atoms with Crippen LogP contribution in [0.1, 0.15) is 68.2 Å². The Morgan fingerprint density at radius 2 is 1.66 bits per heavy atom. The molecule has 1 aromatic heterocycles.